The van der Waals surface area contributed by atoms with Crippen LogP contribution in [0.4, 0.5) is 0 Å². The quantitative estimate of drug-likeness (QED) is 0.816. The van der Waals surface area contributed by atoms with E-state index in [0.29, 0.717) is 17.5 Å². The first kappa shape index (κ1) is 11.5. The van der Waals surface area contributed by atoms with E-state index in [1.165, 1.54) is 25.1 Å². The van der Waals surface area contributed by atoms with Gasteiger partial charge in [0, 0.05) is 36.0 Å². The summed E-state index contributed by atoms with van der Waals surface area (Å²) < 4.78 is 6.48. The monoisotopic (exact) mass is 250 g/mol. The van der Waals surface area contributed by atoms with Gasteiger partial charge in [-0.2, -0.15) is 0 Å². The van der Waals surface area contributed by atoms with Gasteiger partial charge in [0.05, 0.1) is 12.7 Å². The van der Waals surface area contributed by atoms with Crippen LogP contribution in [-0.2, 0) is 11.3 Å². The molecule has 92 valence electrons. The Kier molecular flexibility index (Phi) is 3.11. The molecule has 3 rings (SSSR count). The average molecular weight is 250 g/mol. The number of thioether (sulfide) groups is 1. The minimum Gasteiger partial charge on any atom is -0.373 e. The van der Waals surface area contributed by atoms with Gasteiger partial charge in [0.15, 0.2) is 0 Å². The minimum absolute atomic E-state index is 0.425. The normalized spacial score (nSPS) is 27.2. The number of aromatic nitrogens is 1. The fourth-order valence-electron chi connectivity index (χ4n) is 2.77. The van der Waals surface area contributed by atoms with Crippen molar-refractivity contribution in [2.75, 3.05) is 25.9 Å². The largest absolute Gasteiger partial charge is 0.373 e. The van der Waals surface area contributed by atoms with Crippen molar-refractivity contribution in [1.82, 2.24) is 9.88 Å². The smallest absolute Gasteiger partial charge is 0.0736 e. The Labute approximate surface area is 107 Å². The third kappa shape index (κ3) is 2.49. The molecule has 17 heavy (non-hydrogen) atoms. The van der Waals surface area contributed by atoms with E-state index in [4.69, 9.17) is 4.74 Å². The molecule has 2 aliphatic rings. The number of likely N-dealkylation sites (tertiary alicyclic amines) is 1. The van der Waals surface area contributed by atoms with Crippen molar-refractivity contribution in [3.05, 3.63) is 30.1 Å². The Morgan fingerprint density at radius 1 is 1.59 bits per heavy atom. The van der Waals surface area contributed by atoms with Gasteiger partial charge in [0.1, 0.15) is 0 Å². The summed E-state index contributed by atoms with van der Waals surface area (Å²) in [7, 11) is 2.19. The first-order chi connectivity index (χ1) is 8.26. The summed E-state index contributed by atoms with van der Waals surface area (Å²) in [5.74, 6) is 1.15. The van der Waals surface area contributed by atoms with E-state index in [-0.39, 0.29) is 0 Å². The third-order valence-corrected chi connectivity index (χ3v) is 5.08. The van der Waals surface area contributed by atoms with E-state index in [9.17, 15) is 0 Å². The first-order valence-electron chi connectivity index (χ1n) is 6.09. The summed E-state index contributed by atoms with van der Waals surface area (Å²) in [6, 6.07) is 4.03. The molecule has 0 N–H and O–H groups in total. The molecule has 1 unspecified atom stereocenters. The van der Waals surface area contributed by atoms with E-state index >= 15 is 0 Å². The standard InChI is InChI=1S/C13H18N2OS/c1-15-9-13(10-15)5-12(8-17-13)16-7-11-3-2-4-14-6-11/h2-4,6,12H,5,7-10H2,1H3. The lowest BCUT2D eigenvalue weighted by Crippen LogP contribution is -2.56. The highest BCUT2D eigenvalue weighted by Crippen LogP contribution is 2.45. The predicted molar refractivity (Wildman–Crippen MR) is 70.1 cm³/mol. The summed E-state index contributed by atoms with van der Waals surface area (Å²) in [5.41, 5.74) is 1.17. The molecule has 1 spiro atoms. The summed E-state index contributed by atoms with van der Waals surface area (Å²) in [6.45, 7) is 3.15. The van der Waals surface area contributed by atoms with Gasteiger partial charge in [-0.1, -0.05) is 6.07 Å². The van der Waals surface area contributed by atoms with Crippen LogP contribution in [0.15, 0.2) is 24.5 Å². The van der Waals surface area contributed by atoms with Crippen molar-refractivity contribution < 1.29 is 4.74 Å². The van der Waals surface area contributed by atoms with Crippen LogP contribution in [0.1, 0.15) is 12.0 Å². The molecule has 0 radical (unpaired) electrons. The van der Waals surface area contributed by atoms with E-state index in [0.717, 1.165) is 5.75 Å². The molecule has 0 amide bonds. The molecular weight excluding hydrogens is 232 g/mol. The number of nitrogens with zero attached hydrogens (tertiary/aromatic N) is 2. The van der Waals surface area contributed by atoms with Crippen LogP contribution in [0.25, 0.3) is 0 Å². The van der Waals surface area contributed by atoms with Crippen LogP contribution in [0, 0.1) is 0 Å². The Bertz CT molecular complexity index is 378. The van der Waals surface area contributed by atoms with Crippen molar-refractivity contribution in [2.45, 2.75) is 23.9 Å². The Balaban J connectivity index is 1.48. The summed E-state index contributed by atoms with van der Waals surface area (Å²) in [6.07, 6.45) is 5.32. The lowest BCUT2D eigenvalue weighted by atomic mass is 9.94. The second kappa shape index (κ2) is 4.59. The van der Waals surface area contributed by atoms with Gasteiger partial charge in [-0.3, -0.25) is 4.98 Å². The van der Waals surface area contributed by atoms with Crippen molar-refractivity contribution in [3.8, 4) is 0 Å². The van der Waals surface area contributed by atoms with Crippen LogP contribution >= 0.6 is 11.8 Å². The first-order valence-corrected chi connectivity index (χ1v) is 7.07. The van der Waals surface area contributed by atoms with Gasteiger partial charge in [-0.25, -0.2) is 0 Å². The summed E-state index contributed by atoms with van der Waals surface area (Å²) in [5, 5.41) is 0. The van der Waals surface area contributed by atoms with Crippen LogP contribution < -0.4 is 0 Å². The Hall–Kier alpha value is -0.580. The molecule has 3 heterocycles. The van der Waals surface area contributed by atoms with Gasteiger partial charge in [-0.15, -0.1) is 11.8 Å². The predicted octanol–water partition coefficient (Wildman–Crippen LogP) is 1.79. The highest BCUT2D eigenvalue weighted by Gasteiger charge is 2.47. The molecule has 3 nitrogen and oxygen atoms in total. The fourth-order valence-corrected chi connectivity index (χ4v) is 4.45. The molecule has 0 aromatic carbocycles. The third-order valence-electron chi connectivity index (χ3n) is 3.50. The van der Waals surface area contributed by atoms with Crippen molar-refractivity contribution in [3.63, 3.8) is 0 Å². The van der Waals surface area contributed by atoms with E-state index in [1.807, 2.05) is 12.3 Å². The van der Waals surface area contributed by atoms with Crippen molar-refractivity contribution >= 4 is 11.8 Å². The molecule has 0 bridgehead atoms. The van der Waals surface area contributed by atoms with Gasteiger partial charge >= 0.3 is 0 Å². The van der Waals surface area contributed by atoms with Crippen molar-refractivity contribution in [2.24, 2.45) is 0 Å². The molecule has 2 saturated heterocycles. The molecule has 2 fully saturated rings. The zero-order valence-corrected chi connectivity index (χ0v) is 10.9. The zero-order chi connectivity index (χ0) is 11.7. The van der Waals surface area contributed by atoms with Crippen LogP contribution in [0.2, 0.25) is 0 Å². The number of pyridine rings is 1. The molecule has 2 aliphatic heterocycles. The van der Waals surface area contributed by atoms with Crippen molar-refractivity contribution in [1.29, 1.82) is 0 Å². The SMILES string of the molecule is CN1CC2(CC(OCc3cccnc3)CS2)C1. The second-order valence-electron chi connectivity index (χ2n) is 5.16. The van der Waals surface area contributed by atoms with Crippen LogP contribution in [0.5, 0.6) is 0 Å². The van der Waals surface area contributed by atoms with Crippen LogP contribution in [0.3, 0.4) is 0 Å². The van der Waals surface area contributed by atoms with Gasteiger partial charge < -0.3 is 9.64 Å². The minimum atomic E-state index is 0.425. The Morgan fingerprint density at radius 3 is 3.18 bits per heavy atom. The van der Waals surface area contributed by atoms with E-state index in [2.05, 4.69) is 34.8 Å². The second-order valence-corrected chi connectivity index (χ2v) is 6.65. The zero-order valence-electron chi connectivity index (χ0n) is 10.1. The highest BCUT2D eigenvalue weighted by molar-refractivity contribution is 8.01. The number of hydrogen-bond acceptors (Lipinski definition) is 4. The average Bonchev–Trinajstić information content (AvgIpc) is 2.72. The van der Waals surface area contributed by atoms with E-state index < -0.39 is 0 Å². The number of hydrogen-bond donors (Lipinski definition) is 0. The molecule has 1 aromatic rings. The highest BCUT2D eigenvalue weighted by atomic mass is 32.2. The van der Waals surface area contributed by atoms with Gasteiger partial charge in [0.2, 0.25) is 0 Å². The molecule has 1 aromatic heterocycles. The molecular formula is C13H18N2OS. The van der Waals surface area contributed by atoms with Gasteiger partial charge in [0.25, 0.3) is 0 Å². The summed E-state index contributed by atoms with van der Waals surface area (Å²) in [4.78, 5) is 6.49. The lowest BCUT2D eigenvalue weighted by Gasteiger charge is -2.45. The molecule has 4 heteroatoms. The molecule has 1 atom stereocenters. The Morgan fingerprint density at radius 2 is 2.47 bits per heavy atom. The number of rotatable bonds is 3. The summed E-state index contributed by atoms with van der Waals surface area (Å²) >= 11 is 2.10. The topological polar surface area (TPSA) is 25.4 Å². The fraction of sp³-hybridized carbons (Fsp3) is 0.615. The molecule has 0 saturated carbocycles. The van der Waals surface area contributed by atoms with E-state index in [1.54, 1.807) is 6.20 Å². The van der Waals surface area contributed by atoms with Crippen LogP contribution in [-0.4, -0.2) is 46.6 Å². The maximum Gasteiger partial charge on any atom is 0.0736 e. The lowest BCUT2D eigenvalue weighted by molar-refractivity contribution is 0.0331. The van der Waals surface area contributed by atoms with Gasteiger partial charge in [-0.05, 0) is 25.1 Å². The maximum absolute atomic E-state index is 5.98. The number of ether oxygens (including phenoxy) is 1. The maximum atomic E-state index is 5.98. The molecule has 0 aliphatic carbocycles.